The van der Waals surface area contributed by atoms with Crippen LogP contribution in [0.2, 0.25) is 0 Å². The summed E-state index contributed by atoms with van der Waals surface area (Å²) in [6.07, 6.45) is 0.811. The molecule has 1 aromatic heterocycles. The second-order valence-electron chi connectivity index (χ2n) is 9.33. The van der Waals surface area contributed by atoms with Gasteiger partial charge in [-0.05, 0) is 60.0 Å². The number of hydrogen-bond donors (Lipinski definition) is 1. The zero-order chi connectivity index (χ0) is 22.4. The van der Waals surface area contributed by atoms with Crippen molar-refractivity contribution in [1.82, 2.24) is 24.7 Å². The van der Waals surface area contributed by atoms with Crippen molar-refractivity contribution in [3.8, 4) is 0 Å². The smallest absolute Gasteiger partial charge is 0.410 e. The van der Waals surface area contributed by atoms with Crippen molar-refractivity contribution < 1.29 is 9.53 Å². The molecule has 1 aromatic carbocycles. The molecular formula is C23H36N6O2. The largest absolute Gasteiger partial charge is 0.444 e. The van der Waals surface area contributed by atoms with E-state index in [1.807, 2.05) is 39.0 Å². The Morgan fingerprint density at radius 1 is 1.13 bits per heavy atom. The Balaban J connectivity index is 1.62. The van der Waals surface area contributed by atoms with E-state index in [1.54, 1.807) is 4.90 Å². The van der Waals surface area contributed by atoms with Crippen molar-refractivity contribution in [2.24, 2.45) is 0 Å². The molecule has 2 heterocycles. The highest BCUT2D eigenvalue weighted by molar-refractivity contribution is 5.88. The van der Waals surface area contributed by atoms with Gasteiger partial charge in [0, 0.05) is 38.1 Å². The maximum Gasteiger partial charge on any atom is 0.410 e. The summed E-state index contributed by atoms with van der Waals surface area (Å²) < 4.78 is 5.49. The van der Waals surface area contributed by atoms with Crippen LogP contribution in [-0.4, -0.2) is 89.7 Å². The molecule has 0 bridgehead atoms. The lowest BCUT2D eigenvalue weighted by Gasteiger charge is -2.35. The van der Waals surface area contributed by atoms with Crippen LogP contribution in [-0.2, 0) is 11.3 Å². The summed E-state index contributed by atoms with van der Waals surface area (Å²) in [6, 6.07) is 8.12. The first-order valence-electron chi connectivity index (χ1n) is 11.1. The third-order valence-electron chi connectivity index (χ3n) is 5.11. The average Bonchev–Trinajstić information content (AvgIpc) is 2.70. The summed E-state index contributed by atoms with van der Waals surface area (Å²) in [4.78, 5) is 28.2. The second kappa shape index (κ2) is 10.2. The summed E-state index contributed by atoms with van der Waals surface area (Å²) >= 11 is 0. The van der Waals surface area contributed by atoms with Gasteiger partial charge in [-0.1, -0.05) is 12.1 Å². The van der Waals surface area contributed by atoms with Gasteiger partial charge in [0.2, 0.25) is 0 Å². The Labute approximate surface area is 185 Å². The molecule has 1 saturated heterocycles. The molecule has 170 valence electrons. The zero-order valence-electron chi connectivity index (χ0n) is 19.5. The molecule has 31 heavy (non-hydrogen) atoms. The Kier molecular flexibility index (Phi) is 7.67. The highest BCUT2D eigenvalue weighted by Crippen LogP contribution is 2.21. The van der Waals surface area contributed by atoms with Crippen LogP contribution in [0.3, 0.4) is 0 Å². The molecule has 1 aliphatic heterocycles. The maximum absolute atomic E-state index is 12.3. The van der Waals surface area contributed by atoms with Crippen molar-refractivity contribution in [2.75, 3.05) is 58.7 Å². The molecule has 0 atom stereocenters. The lowest BCUT2D eigenvalue weighted by molar-refractivity contribution is 0.0137. The number of nitrogens with zero attached hydrogens (tertiary/aromatic N) is 5. The van der Waals surface area contributed by atoms with E-state index in [4.69, 9.17) is 14.7 Å². The molecule has 1 aliphatic rings. The number of anilines is 1. The number of piperazine rings is 1. The molecule has 0 spiro atoms. The fourth-order valence-electron chi connectivity index (χ4n) is 3.55. The predicted octanol–water partition coefficient (Wildman–Crippen LogP) is 3.05. The van der Waals surface area contributed by atoms with Gasteiger partial charge in [0.1, 0.15) is 17.2 Å². The lowest BCUT2D eigenvalue weighted by Crippen LogP contribution is -2.49. The number of nitrogens with one attached hydrogen (secondary N) is 1. The first-order valence-corrected chi connectivity index (χ1v) is 11.1. The number of carbonyl (C=O) groups excluding carboxylic acids is 1. The molecule has 0 radical (unpaired) electrons. The third kappa shape index (κ3) is 7.04. The molecule has 8 nitrogen and oxygen atoms in total. The van der Waals surface area contributed by atoms with Gasteiger partial charge in [-0.2, -0.15) is 0 Å². The average molecular weight is 429 g/mol. The minimum atomic E-state index is -0.469. The number of amides is 1. The first-order chi connectivity index (χ1) is 14.7. The van der Waals surface area contributed by atoms with Gasteiger partial charge in [-0.3, -0.25) is 4.90 Å². The van der Waals surface area contributed by atoms with Crippen LogP contribution in [0.1, 0.15) is 33.0 Å². The summed E-state index contributed by atoms with van der Waals surface area (Å²) in [5, 5.41) is 4.55. The van der Waals surface area contributed by atoms with Gasteiger partial charge >= 0.3 is 6.09 Å². The van der Waals surface area contributed by atoms with E-state index in [9.17, 15) is 4.79 Å². The maximum atomic E-state index is 12.3. The fourth-order valence-corrected chi connectivity index (χ4v) is 3.55. The van der Waals surface area contributed by atoms with Crippen LogP contribution in [0.4, 0.5) is 10.6 Å². The molecule has 0 saturated carbocycles. The van der Waals surface area contributed by atoms with Crippen LogP contribution >= 0.6 is 0 Å². The number of carbonyl (C=O) groups is 1. The van der Waals surface area contributed by atoms with Gasteiger partial charge in [0.15, 0.2) is 0 Å². The number of para-hydroxylation sites is 1. The summed E-state index contributed by atoms with van der Waals surface area (Å²) in [6.45, 7) is 11.1. The molecular weight excluding hydrogens is 392 g/mol. The van der Waals surface area contributed by atoms with E-state index in [1.165, 1.54) is 0 Å². The monoisotopic (exact) mass is 428 g/mol. The molecule has 1 amide bonds. The molecule has 8 heteroatoms. The number of fused-ring (bicyclic) bond motifs is 1. The Bertz CT molecular complexity index is 872. The van der Waals surface area contributed by atoms with Crippen molar-refractivity contribution in [1.29, 1.82) is 0 Å². The van der Waals surface area contributed by atoms with Crippen molar-refractivity contribution in [2.45, 2.75) is 39.3 Å². The Hall–Kier alpha value is -2.45. The van der Waals surface area contributed by atoms with Gasteiger partial charge in [0.25, 0.3) is 0 Å². The highest BCUT2D eigenvalue weighted by Gasteiger charge is 2.26. The SMILES string of the molecule is CN(C)CCCNc1nc(CN2CCN(C(=O)OC(C)(C)C)CC2)nc2ccccc12. The van der Waals surface area contributed by atoms with Crippen molar-refractivity contribution in [3.05, 3.63) is 30.1 Å². The topological polar surface area (TPSA) is 73.8 Å². The van der Waals surface area contributed by atoms with Crippen LogP contribution in [0.25, 0.3) is 10.9 Å². The number of hydrogen-bond acceptors (Lipinski definition) is 7. The van der Waals surface area contributed by atoms with Gasteiger partial charge in [-0.25, -0.2) is 14.8 Å². The molecule has 1 fully saturated rings. The number of benzene rings is 1. The Morgan fingerprint density at radius 3 is 2.52 bits per heavy atom. The first kappa shape index (κ1) is 23.2. The number of ether oxygens (including phenoxy) is 1. The molecule has 0 aliphatic carbocycles. The highest BCUT2D eigenvalue weighted by atomic mass is 16.6. The van der Waals surface area contributed by atoms with E-state index in [2.05, 4.69) is 35.3 Å². The summed E-state index contributed by atoms with van der Waals surface area (Å²) in [7, 11) is 4.17. The zero-order valence-corrected chi connectivity index (χ0v) is 19.5. The van der Waals surface area contributed by atoms with Crippen molar-refractivity contribution >= 4 is 22.8 Å². The molecule has 2 aromatic rings. The van der Waals surface area contributed by atoms with E-state index in [0.717, 1.165) is 55.1 Å². The van der Waals surface area contributed by atoms with Crippen LogP contribution < -0.4 is 5.32 Å². The molecule has 3 rings (SSSR count). The lowest BCUT2D eigenvalue weighted by atomic mass is 10.2. The standard InChI is InChI=1S/C23H36N6O2/c1-23(2,3)31-22(30)29-15-13-28(14-16-29)17-20-25-19-10-7-6-9-18(19)21(26-20)24-11-8-12-27(4)5/h6-7,9-10H,8,11-17H2,1-5H3,(H,24,25,26). The Morgan fingerprint density at radius 2 is 1.84 bits per heavy atom. The predicted molar refractivity (Wildman–Crippen MR) is 124 cm³/mol. The van der Waals surface area contributed by atoms with Gasteiger partial charge in [-0.15, -0.1) is 0 Å². The van der Waals surface area contributed by atoms with Gasteiger partial charge < -0.3 is 19.9 Å². The number of rotatable bonds is 7. The second-order valence-corrected chi connectivity index (χ2v) is 9.33. The van der Waals surface area contributed by atoms with Crippen molar-refractivity contribution in [3.63, 3.8) is 0 Å². The number of aromatic nitrogens is 2. The fraction of sp³-hybridized carbons (Fsp3) is 0.609. The third-order valence-corrected chi connectivity index (χ3v) is 5.11. The quantitative estimate of drug-likeness (QED) is 0.680. The van der Waals surface area contributed by atoms with Crippen LogP contribution in [0.15, 0.2) is 24.3 Å². The minimum absolute atomic E-state index is 0.238. The van der Waals surface area contributed by atoms with E-state index in [-0.39, 0.29) is 6.09 Å². The van der Waals surface area contributed by atoms with Crippen LogP contribution in [0.5, 0.6) is 0 Å². The van der Waals surface area contributed by atoms with Crippen LogP contribution in [0, 0.1) is 0 Å². The normalized spacial score (nSPS) is 15.5. The molecule has 0 unspecified atom stereocenters. The minimum Gasteiger partial charge on any atom is -0.444 e. The van der Waals surface area contributed by atoms with E-state index >= 15 is 0 Å². The molecule has 1 N–H and O–H groups in total. The summed E-state index contributed by atoms with van der Waals surface area (Å²) in [5.74, 6) is 1.70. The van der Waals surface area contributed by atoms with Gasteiger partial charge in [0.05, 0.1) is 12.1 Å². The van der Waals surface area contributed by atoms with E-state index in [0.29, 0.717) is 19.6 Å². The van der Waals surface area contributed by atoms with E-state index < -0.39 is 5.60 Å². The summed E-state index contributed by atoms with van der Waals surface area (Å²) in [5.41, 5.74) is 0.485.